The van der Waals surface area contributed by atoms with Crippen LogP contribution in [0.2, 0.25) is 0 Å². The number of carbonyl (C=O) groups excluding carboxylic acids is 1. The lowest BCUT2D eigenvalue weighted by Gasteiger charge is -2.13. The van der Waals surface area contributed by atoms with E-state index in [4.69, 9.17) is 12.2 Å². The Morgan fingerprint density at radius 2 is 1.65 bits per heavy atom. The van der Waals surface area contributed by atoms with E-state index in [1.807, 2.05) is 72.8 Å². The van der Waals surface area contributed by atoms with Gasteiger partial charge in [0.05, 0.1) is 10.6 Å². The van der Waals surface area contributed by atoms with Crippen molar-refractivity contribution in [3.63, 3.8) is 0 Å². The highest BCUT2D eigenvalue weighted by Crippen LogP contribution is 2.36. The van der Waals surface area contributed by atoms with Crippen LogP contribution in [0.4, 0.5) is 5.69 Å². The van der Waals surface area contributed by atoms with E-state index in [1.165, 1.54) is 11.8 Å². The number of allylic oxidation sites excluding steroid dienone is 2. The van der Waals surface area contributed by atoms with Gasteiger partial charge in [0, 0.05) is 4.48 Å². The monoisotopic (exact) mass is 401 g/mol. The van der Waals surface area contributed by atoms with Crippen LogP contribution in [0.5, 0.6) is 0 Å². The predicted molar refractivity (Wildman–Crippen MR) is 106 cm³/mol. The molecular weight excluding hydrogens is 390 g/mol. The topological polar surface area (TPSA) is 20.3 Å². The van der Waals surface area contributed by atoms with Crippen molar-refractivity contribution in [1.29, 1.82) is 0 Å². The van der Waals surface area contributed by atoms with E-state index < -0.39 is 0 Å². The molecule has 1 aliphatic rings. The second-order valence-electron chi connectivity index (χ2n) is 4.79. The van der Waals surface area contributed by atoms with E-state index in [2.05, 4.69) is 15.9 Å². The maximum absolute atomic E-state index is 12.6. The molecule has 3 rings (SSSR count). The molecule has 1 amide bonds. The van der Waals surface area contributed by atoms with Gasteiger partial charge in [-0.25, -0.2) is 0 Å². The maximum atomic E-state index is 12.6. The Labute approximate surface area is 153 Å². The highest BCUT2D eigenvalue weighted by Gasteiger charge is 2.33. The summed E-state index contributed by atoms with van der Waals surface area (Å²) in [5.41, 5.74) is 1.86. The summed E-state index contributed by atoms with van der Waals surface area (Å²) in [7, 11) is 0. The van der Waals surface area contributed by atoms with Gasteiger partial charge in [0.25, 0.3) is 5.91 Å². The van der Waals surface area contributed by atoms with Gasteiger partial charge in [-0.1, -0.05) is 88.4 Å². The molecule has 0 aliphatic carbocycles. The Morgan fingerprint density at radius 1 is 1.04 bits per heavy atom. The molecule has 1 fully saturated rings. The van der Waals surface area contributed by atoms with Crippen LogP contribution < -0.4 is 4.90 Å². The third-order valence-corrected chi connectivity index (χ3v) is 4.94. The number of benzene rings is 2. The summed E-state index contributed by atoms with van der Waals surface area (Å²) in [6.07, 6.45) is 3.78. The minimum atomic E-state index is -0.0930. The van der Waals surface area contributed by atoms with Crippen molar-refractivity contribution in [2.75, 3.05) is 4.90 Å². The first-order chi connectivity index (χ1) is 11.1. The van der Waals surface area contributed by atoms with Crippen molar-refractivity contribution in [2.24, 2.45) is 0 Å². The minimum Gasteiger partial charge on any atom is -0.268 e. The van der Waals surface area contributed by atoms with Gasteiger partial charge in [-0.05, 0) is 29.8 Å². The molecule has 0 spiro atoms. The number of carbonyl (C=O) groups is 1. The molecular formula is C18H12BrNOS2. The molecule has 1 aliphatic heterocycles. The Morgan fingerprint density at radius 3 is 2.30 bits per heavy atom. The van der Waals surface area contributed by atoms with E-state index in [1.54, 1.807) is 4.90 Å². The van der Waals surface area contributed by atoms with Crippen molar-refractivity contribution in [1.82, 2.24) is 0 Å². The number of halogens is 1. The lowest BCUT2D eigenvalue weighted by molar-refractivity contribution is -0.113. The zero-order valence-corrected chi connectivity index (χ0v) is 15.2. The molecule has 2 aromatic carbocycles. The van der Waals surface area contributed by atoms with Gasteiger partial charge in [-0.15, -0.1) is 0 Å². The van der Waals surface area contributed by atoms with Gasteiger partial charge >= 0.3 is 0 Å². The second-order valence-corrected chi connectivity index (χ2v) is 7.38. The summed E-state index contributed by atoms with van der Waals surface area (Å²) in [6.45, 7) is 0. The summed E-state index contributed by atoms with van der Waals surface area (Å²) < 4.78 is 1.38. The average Bonchev–Trinajstić information content (AvgIpc) is 2.83. The Kier molecular flexibility index (Phi) is 5.10. The van der Waals surface area contributed by atoms with E-state index >= 15 is 0 Å². The second kappa shape index (κ2) is 7.25. The van der Waals surface area contributed by atoms with Gasteiger partial charge < -0.3 is 0 Å². The SMILES string of the molecule is O=C1C(=CC(Br)=Cc2ccccc2)SC(=S)N1c1ccccc1. The van der Waals surface area contributed by atoms with Crippen LogP contribution in [0, 0.1) is 0 Å². The van der Waals surface area contributed by atoms with E-state index in [9.17, 15) is 4.79 Å². The van der Waals surface area contributed by atoms with Crippen molar-refractivity contribution in [3.8, 4) is 0 Å². The molecule has 1 saturated heterocycles. The Hall–Kier alpha value is -1.69. The number of para-hydroxylation sites is 1. The maximum Gasteiger partial charge on any atom is 0.270 e. The Balaban J connectivity index is 1.86. The summed E-state index contributed by atoms with van der Waals surface area (Å²) in [5.74, 6) is -0.0930. The molecule has 0 saturated carbocycles. The lowest BCUT2D eigenvalue weighted by atomic mass is 10.2. The molecule has 2 aromatic rings. The molecule has 23 heavy (non-hydrogen) atoms. The highest BCUT2D eigenvalue weighted by molar-refractivity contribution is 9.12. The molecule has 1 heterocycles. The summed E-state index contributed by atoms with van der Waals surface area (Å²) >= 11 is 10.2. The number of thiocarbonyl (C=S) groups is 1. The largest absolute Gasteiger partial charge is 0.270 e. The van der Waals surface area contributed by atoms with Crippen LogP contribution in [-0.2, 0) is 4.79 Å². The smallest absolute Gasteiger partial charge is 0.268 e. The van der Waals surface area contributed by atoms with Gasteiger partial charge in [-0.3, -0.25) is 9.69 Å². The lowest BCUT2D eigenvalue weighted by Crippen LogP contribution is -2.27. The molecule has 0 aromatic heterocycles. The molecule has 0 radical (unpaired) electrons. The van der Waals surface area contributed by atoms with Crippen LogP contribution in [0.1, 0.15) is 5.56 Å². The zero-order valence-electron chi connectivity index (χ0n) is 12.0. The number of hydrogen-bond donors (Lipinski definition) is 0. The highest BCUT2D eigenvalue weighted by atomic mass is 79.9. The van der Waals surface area contributed by atoms with Gasteiger partial charge in [0.15, 0.2) is 4.32 Å². The first-order valence-corrected chi connectivity index (χ1v) is 8.92. The summed E-state index contributed by atoms with van der Waals surface area (Å²) in [5, 5.41) is 0. The third-order valence-electron chi connectivity index (χ3n) is 3.18. The average molecular weight is 402 g/mol. The van der Waals surface area contributed by atoms with Crippen LogP contribution in [0.25, 0.3) is 6.08 Å². The van der Waals surface area contributed by atoms with Gasteiger partial charge in [0.2, 0.25) is 0 Å². The van der Waals surface area contributed by atoms with Crippen molar-refractivity contribution in [3.05, 3.63) is 81.7 Å². The van der Waals surface area contributed by atoms with E-state index in [-0.39, 0.29) is 5.91 Å². The molecule has 114 valence electrons. The fraction of sp³-hybridized carbons (Fsp3) is 0. The fourth-order valence-corrected chi connectivity index (χ4v) is 4.08. The standard InChI is InChI=1S/C18H12BrNOS2/c19-14(11-13-7-3-1-4-8-13)12-16-17(21)20(18(22)23-16)15-9-5-2-6-10-15/h1-12H. The first-order valence-electron chi connectivity index (χ1n) is 6.90. The molecule has 0 atom stereocenters. The normalized spacial score (nSPS) is 17.2. The zero-order chi connectivity index (χ0) is 16.2. The molecule has 5 heteroatoms. The molecule has 0 bridgehead atoms. The fourth-order valence-electron chi connectivity index (χ4n) is 2.14. The molecule has 0 unspecified atom stereocenters. The number of thioether (sulfide) groups is 1. The summed E-state index contributed by atoms with van der Waals surface area (Å²) in [6, 6.07) is 19.4. The summed E-state index contributed by atoms with van der Waals surface area (Å²) in [4.78, 5) is 14.8. The predicted octanol–water partition coefficient (Wildman–Crippen LogP) is 5.37. The van der Waals surface area contributed by atoms with Crippen molar-refractivity contribution < 1.29 is 4.79 Å². The number of hydrogen-bond acceptors (Lipinski definition) is 3. The van der Waals surface area contributed by atoms with Gasteiger partial charge in [0.1, 0.15) is 0 Å². The van der Waals surface area contributed by atoms with Crippen LogP contribution >= 0.6 is 39.9 Å². The van der Waals surface area contributed by atoms with E-state index in [0.29, 0.717) is 9.23 Å². The van der Waals surface area contributed by atoms with E-state index in [0.717, 1.165) is 15.7 Å². The van der Waals surface area contributed by atoms with Crippen LogP contribution in [0.15, 0.2) is 76.1 Å². The number of nitrogens with zero attached hydrogens (tertiary/aromatic N) is 1. The van der Waals surface area contributed by atoms with Gasteiger partial charge in [-0.2, -0.15) is 0 Å². The molecule has 0 N–H and O–H groups in total. The number of anilines is 1. The number of rotatable bonds is 3. The Bertz CT molecular complexity index is 800. The van der Waals surface area contributed by atoms with Crippen LogP contribution in [0.3, 0.4) is 0 Å². The third kappa shape index (κ3) is 3.80. The minimum absolute atomic E-state index is 0.0930. The van der Waals surface area contributed by atoms with Crippen LogP contribution in [-0.4, -0.2) is 10.2 Å². The quantitative estimate of drug-likeness (QED) is 0.509. The van der Waals surface area contributed by atoms with Crippen molar-refractivity contribution in [2.45, 2.75) is 0 Å². The first kappa shape index (κ1) is 16.2. The van der Waals surface area contributed by atoms with Crippen molar-refractivity contribution >= 4 is 61.9 Å². The number of amides is 1. The molecule has 2 nitrogen and oxygen atoms in total.